The number of rotatable bonds is 12. The van der Waals surface area contributed by atoms with Crippen LogP contribution in [0.2, 0.25) is 0 Å². The molecule has 0 N–H and O–H groups in total. The molecule has 0 amide bonds. The molecule has 0 bridgehead atoms. The van der Waals surface area contributed by atoms with Gasteiger partial charge in [0.1, 0.15) is 11.5 Å². The predicted molar refractivity (Wildman–Crippen MR) is 94.3 cm³/mol. The van der Waals surface area contributed by atoms with Crippen molar-refractivity contribution in [2.75, 3.05) is 33.0 Å². The molecule has 0 saturated heterocycles. The summed E-state index contributed by atoms with van der Waals surface area (Å²) in [5.41, 5.74) is 0. The van der Waals surface area contributed by atoms with Crippen LogP contribution in [0.5, 0.6) is 11.5 Å². The normalized spacial score (nSPS) is 10.8. The van der Waals surface area contributed by atoms with Crippen LogP contribution in [0.25, 0.3) is 0 Å². The van der Waals surface area contributed by atoms with Crippen molar-refractivity contribution in [2.45, 2.75) is 6.92 Å². The smallest absolute Gasteiger partial charge is 0.418 e. The summed E-state index contributed by atoms with van der Waals surface area (Å²) in [5.74, 6) is 1.41. The van der Waals surface area contributed by atoms with E-state index in [-0.39, 0.29) is 0 Å². The Morgan fingerprint density at radius 1 is 0.667 bits per heavy atom. The Morgan fingerprint density at radius 2 is 1.17 bits per heavy atom. The van der Waals surface area contributed by atoms with Crippen LogP contribution < -0.4 is 9.05 Å². The fraction of sp³-hybridized carbons (Fsp3) is 0.333. The fourth-order valence-electron chi connectivity index (χ4n) is 1.74. The quantitative estimate of drug-likeness (QED) is 0.418. The minimum absolute atomic E-state index is 0.386. The maximum absolute atomic E-state index is 5.80. The van der Waals surface area contributed by atoms with Gasteiger partial charge in [0.2, 0.25) is 0 Å². The highest BCUT2D eigenvalue weighted by Crippen LogP contribution is 2.41. The standard InChI is InChI=1S/C18H23O5P/c1-2-19-13-14-20-15-16-21-24(22-17-9-5-3-6-10-17)23-18-11-7-4-8-12-18/h3-12H,2,13-16H2,1H3. The summed E-state index contributed by atoms with van der Waals surface area (Å²) in [6, 6.07) is 18.9. The van der Waals surface area contributed by atoms with Crippen LogP contribution in [0.4, 0.5) is 0 Å². The zero-order chi connectivity index (χ0) is 16.9. The van der Waals surface area contributed by atoms with Crippen molar-refractivity contribution in [1.29, 1.82) is 0 Å². The van der Waals surface area contributed by atoms with Gasteiger partial charge in [0.25, 0.3) is 0 Å². The predicted octanol–water partition coefficient (Wildman–Crippen LogP) is 4.44. The first kappa shape index (κ1) is 18.7. The number of hydrogen-bond acceptors (Lipinski definition) is 5. The molecule has 0 atom stereocenters. The number of ether oxygens (including phenoxy) is 2. The third kappa shape index (κ3) is 7.75. The molecular formula is C18H23O5P. The van der Waals surface area contributed by atoms with Crippen LogP contribution in [0.15, 0.2) is 60.7 Å². The Balaban J connectivity index is 1.79. The average Bonchev–Trinajstić information content (AvgIpc) is 2.62. The molecule has 0 aromatic heterocycles. The lowest BCUT2D eigenvalue weighted by atomic mass is 10.3. The average molecular weight is 350 g/mol. The molecular weight excluding hydrogens is 327 g/mol. The lowest BCUT2D eigenvalue weighted by Crippen LogP contribution is -2.10. The molecule has 0 spiro atoms. The van der Waals surface area contributed by atoms with Gasteiger partial charge in [-0.3, -0.25) is 4.52 Å². The molecule has 6 heteroatoms. The summed E-state index contributed by atoms with van der Waals surface area (Å²) in [6.45, 7) is 4.64. The Labute approximate surface area is 144 Å². The topological polar surface area (TPSA) is 46.2 Å². The van der Waals surface area contributed by atoms with Crippen LogP contribution in [0, 0.1) is 0 Å². The Hall–Kier alpha value is -1.65. The zero-order valence-electron chi connectivity index (χ0n) is 13.8. The third-order valence-electron chi connectivity index (χ3n) is 2.85. The summed E-state index contributed by atoms with van der Waals surface area (Å²) in [6.07, 6.45) is 0. The van der Waals surface area contributed by atoms with Crippen LogP contribution in [-0.2, 0) is 14.0 Å². The van der Waals surface area contributed by atoms with E-state index in [1.165, 1.54) is 0 Å². The van der Waals surface area contributed by atoms with Crippen molar-refractivity contribution in [1.82, 2.24) is 0 Å². The Kier molecular flexibility index (Phi) is 9.20. The minimum Gasteiger partial charge on any atom is -0.418 e. The largest absolute Gasteiger partial charge is 0.463 e. The van der Waals surface area contributed by atoms with Gasteiger partial charge in [-0.15, -0.1) is 0 Å². The highest BCUT2D eigenvalue weighted by atomic mass is 31.2. The van der Waals surface area contributed by atoms with Crippen LogP contribution >= 0.6 is 8.60 Å². The lowest BCUT2D eigenvalue weighted by molar-refractivity contribution is 0.0394. The van der Waals surface area contributed by atoms with Gasteiger partial charge in [0.15, 0.2) is 0 Å². The molecule has 5 nitrogen and oxygen atoms in total. The summed E-state index contributed by atoms with van der Waals surface area (Å²) in [4.78, 5) is 0. The van der Waals surface area contributed by atoms with E-state index in [9.17, 15) is 0 Å². The van der Waals surface area contributed by atoms with Crippen LogP contribution in [-0.4, -0.2) is 33.0 Å². The second-order valence-electron chi connectivity index (χ2n) is 4.67. The second-order valence-corrected chi connectivity index (χ2v) is 5.75. The van der Waals surface area contributed by atoms with E-state index in [0.29, 0.717) is 44.5 Å². The summed E-state index contributed by atoms with van der Waals surface area (Å²) in [7, 11) is -1.55. The van der Waals surface area contributed by atoms with Crippen molar-refractivity contribution in [2.24, 2.45) is 0 Å². The monoisotopic (exact) mass is 350 g/mol. The maximum atomic E-state index is 5.80. The van der Waals surface area contributed by atoms with Gasteiger partial charge < -0.3 is 18.5 Å². The molecule has 0 saturated carbocycles. The van der Waals surface area contributed by atoms with Crippen molar-refractivity contribution in [3.63, 3.8) is 0 Å². The minimum atomic E-state index is -1.55. The molecule has 2 rings (SSSR count). The number of hydrogen-bond donors (Lipinski definition) is 0. The summed E-state index contributed by atoms with van der Waals surface area (Å²) < 4.78 is 28.0. The fourth-order valence-corrected chi connectivity index (χ4v) is 2.70. The van der Waals surface area contributed by atoms with Crippen molar-refractivity contribution in [3.8, 4) is 11.5 Å². The van der Waals surface area contributed by atoms with E-state index in [0.717, 1.165) is 0 Å². The molecule has 0 unspecified atom stereocenters. The van der Waals surface area contributed by atoms with Gasteiger partial charge in [-0.2, -0.15) is 0 Å². The lowest BCUT2D eigenvalue weighted by Gasteiger charge is -2.17. The molecule has 24 heavy (non-hydrogen) atoms. The van der Waals surface area contributed by atoms with Gasteiger partial charge in [-0.1, -0.05) is 36.4 Å². The first-order valence-electron chi connectivity index (χ1n) is 7.93. The summed E-state index contributed by atoms with van der Waals surface area (Å²) in [5, 5.41) is 0. The Morgan fingerprint density at radius 3 is 1.71 bits per heavy atom. The molecule has 0 fully saturated rings. The second kappa shape index (κ2) is 11.8. The van der Waals surface area contributed by atoms with E-state index in [4.69, 9.17) is 23.0 Å². The molecule has 2 aromatic carbocycles. The van der Waals surface area contributed by atoms with E-state index in [2.05, 4.69) is 0 Å². The summed E-state index contributed by atoms with van der Waals surface area (Å²) >= 11 is 0. The molecule has 0 aliphatic heterocycles. The van der Waals surface area contributed by atoms with Crippen LogP contribution in [0.3, 0.4) is 0 Å². The van der Waals surface area contributed by atoms with Crippen LogP contribution in [0.1, 0.15) is 6.92 Å². The Bertz CT molecular complexity index is 496. The van der Waals surface area contributed by atoms with E-state index in [1.54, 1.807) is 0 Å². The SMILES string of the molecule is CCOCCOCCOP(Oc1ccccc1)Oc1ccccc1. The maximum Gasteiger partial charge on any atom is 0.463 e. The first-order chi connectivity index (χ1) is 11.9. The highest BCUT2D eigenvalue weighted by molar-refractivity contribution is 7.42. The number of benzene rings is 2. The van der Waals surface area contributed by atoms with Gasteiger partial charge >= 0.3 is 8.60 Å². The molecule has 0 aliphatic carbocycles. The van der Waals surface area contributed by atoms with Gasteiger partial charge in [0.05, 0.1) is 26.4 Å². The van der Waals surface area contributed by atoms with Crippen molar-refractivity contribution >= 4 is 8.60 Å². The zero-order valence-corrected chi connectivity index (χ0v) is 14.7. The van der Waals surface area contributed by atoms with Crippen molar-refractivity contribution < 1.29 is 23.0 Å². The van der Waals surface area contributed by atoms with Gasteiger partial charge in [0, 0.05) is 6.61 Å². The molecule has 0 radical (unpaired) electrons. The van der Waals surface area contributed by atoms with Gasteiger partial charge in [-0.05, 0) is 31.2 Å². The van der Waals surface area contributed by atoms with Gasteiger partial charge in [-0.25, -0.2) is 0 Å². The van der Waals surface area contributed by atoms with E-state index >= 15 is 0 Å². The third-order valence-corrected chi connectivity index (χ3v) is 3.96. The molecule has 2 aromatic rings. The first-order valence-corrected chi connectivity index (χ1v) is 9.02. The molecule has 0 aliphatic rings. The number of para-hydroxylation sites is 2. The van der Waals surface area contributed by atoms with Crippen molar-refractivity contribution in [3.05, 3.63) is 60.7 Å². The molecule has 130 valence electrons. The highest BCUT2D eigenvalue weighted by Gasteiger charge is 2.17. The van der Waals surface area contributed by atoms with E-state index < -0.39 is 8.60 Å². The van der Waals surface area contributed by atoms with E-state index in [1.807, 2.05) is 67.6 Å². The molecule has 0 heterocycles.